The molecule has 2 rings (SSSR count). The molecule has 12 nitrogen and oxygen atoms in total. The number of fused-ring (bicyclic) bond motifs is 2. The van der Waals surface area contributed by atoms with Crippen molar-refractivity contribution in [1.29, 1.82) is 0 Å². The van der Waals surface area contributed by atoms with E-state index in [9.17, 15) is 24.3 Å². The number of Topliss-reactive ketones (excluding diaryl/α,β-unsaturated/α-hetero) is 1. The Morgan fingerprint density at radius 3 is 2.43 bits per heavy atom. The van der Waals surface area contributed by atoms with E-state index in [1.165, 1.54) is 20.3 Å². The lowest BCUT2D eigenvalue weighted by atomic mass is 9.85. The van der Waals surface area contributed by atoms with Gasteiger partial charge in [-0.15, -0.1) is 0 Å². The summed E-state index contributed by atoms with van der Waals surface area (Å²) in [5.41, 5.74) is 6.55. The normalized spacial score (nSPS) is 31.0. The number of nitrogens with one attached hydrogen (secondary N) is 2. The molecule has 6 atom stereocenters. The van der Waals surface area contributed by atoms with E-state index < -0.39 is 53.9 Å². The summed E-state index contributed by atoms with van der Waals surface area (Å²) in [6.07, 6.45) is 3.88. The zero-order valence-corrected chi connectivity index (χ0v) is 27.0. The second-order valence-electron chi connectivity index (χ2n) is 11.7. The van der Waals surface area contributed by atoms with Gasteiger partial charge in [-0.3, -0.25) is 14.4 Å². The van der Waals surface area contributed by atoms with Gasteiger partial charge in [-0.25, -0.2) is 4.79 Å². The smallest absolute Gasteiger partial charge is 0.405 e. The van der Waals surface area contributed by atoms with Gasteiger partial charge in [0.1, 0.15) is 6.10 Å². The van der Waals surface area contributed by atoms with Gasteiger partial charge in [-0.05, 0) is 52.3 Å². The van der Waals surface area contributed by atoms with Crippen molar-refractivity contribution in [1.82, 2.24) is 15.5 Å². The summed E-state index contributed by atoms with van der Waals surface area (Å²) in [5, 5.41) is 17.0. The number of amides is 2. The van der Waals surface area contributed by atoms with E-state index in [2.05, 4.69) is 10.6 Å². The number of nitrogens with zero attached hydrogens (tertiary/aromatic N) is 1. The van der Waals surface area contributed by atoms with Gasteiger partial charge in [0.2, 0.25) is 11.6 Å². The van der Waals surface area contributed by atoms with Crippen molar-refractivity contribution in [2.45, 2.75) is 65.0 Å². The standard InChI is InChI=1S/C32H48N4O8/c1-18-14-22-27(34-12-13-36(5)6)24(37)17-23(29(22)39)35-31(40)19(2)10-9-11-25(42-7)30(44-32(33)41)21(4)16-20(3)28(38)26(15-18)43-8/h9-11,16-18,20,25-26,28,30,34,38H,12-15H2,1-8H3,(H2,33,41)(H,35,40)/b11-9-,19-10+,21-16+/t18-,20+,25+,26+,28+,30?/m1/s1. The third kappa shape index (κ3) is 10.3. The number of hydrogen-bond acceptors (Lipinski definition) is 10. The maximum absolute atomic E-state index is 13.7. The van der Waals surface area contributed by atoms with Crippen molar-refractivity contribution >= 4 is 23.6 Å². The van der Waals surface area contributed by atoms with Gasteiger partial charge < -0.3 is 40.6 Å². The van der Waals surface area contributed by atoms with Crippen LogP contribution >= 0.6 is 0 Å². The number of ether oxygens (including phenoxy) is 3. The molecule has 0 radical (unpaired) electrons. The molecule has 44 heavy (non-hydrogen) atoms. The first-order valence-corrected chi connectivity index (χ1v) is 14.7. The fraction of sp³-hybridized carbons (Fsp3) is 0.562. The highest BCUT2D eigenvalue weighted by atomic mass is 16.6. The molecule has 0 fully saturated rings. The summed E-state index contributed by atoms with van der Waals surface area (Å²) in [6, 6.07) is 0. The molecule has 244 valence electrons. The van der Waals surface area contributed by atoms with Crippen LogP contribution in [0.3, 0.4) is 0 Å². The molecular weight excluding hydrogens is 568 g/mol. The number of aliphatic hydroxyl groups is 1. The Balaban J connectivity index is 2.60. The monoisotopic (exact) mass is 616 g/mol. The third-order valence-electron chi connectivity index (χ3n) is 7.65. The number of nitrogens with two attached hydrogens (primary N) is 1. The second kappa shape index (κ2) is 17.0. The van der Waals surface area contributed by atoms with E-state index in [1.807, 2.05) is 32.8 Å². The minimum absolute atomic E-state index is 0.114. The summed E-state index contributed by atoms with van der Waals surface area (Å²) in [7, 11) is 6.74. The predicted molar refractivity (Wildman–Crippen MR) is 166 cm³/mol. The molecule has 1 unspecified atom stereocenters. The van der Waals surface area contributed by atoms with Gasteiger partial charge in [-0.2, -0.15) is 0 Å². The number of hydrogen-bond donors (Lipinski definition) is 4. The lowest BCUT2D eigenvalue weighted by Gasteiger charge is -2.30. The Hall–Kier alpha value is -3.58. The van der Waals surface area contributed by atoms with Crippen molar-refractivity contribution in [3.05, 3.63) is 58.5 Å². The number of carbonyl (C=O) groups is 4. The first-order valence-electron chi connectivity index (χ1n) is 14.7. The summed E-state index contributed by atoms with van der Waals surface area (Å²) < 4.78 is 16.6. The van der Waals surface area contributed by atoms with E-state index in [4.69, 9.17) is 19.9 Å². The number of aliphatic hydroxyl groups excluding tert-OH is 1. The summed E-state index contributed by atoms with van der Waals surface area (Å²) in [5.74, 6) is -2.06. The van der Waals surface area contributed by atoms with Gasteiger partial charge in [0.15, 0.2) is 6.10 Å². The number of ketones is 2. The Morgan fingerprint density at radius 2 is 1.84 bits per heavy atom. The Morgan fingerprint density at radius 1 is 1.16 bits per heavy atom. The minimum atomic E-state index is -0.997. The van der Waals surface area contributed by atoms with E-state index in [-0.39, 0.29) is 34.9 Å². The second-order valence-corrected chi connectivity index (χ2v) is 11.7. The van der Waals surface area contributed by atoms with Gasteiger partial charge in [-0.1, -0.05) is 38.2 Å². The van der Waals surface area contributed by atoms with Crippen molar-refractivity contribution in [2.24, 2.45) is 17.6 Å². The van der Waals surface area contributed by atoms with Crippen LogP contribution in [0.15, 0.2) is 58.5 Å². The zero-order valence-electron chi connectivity index (χ0n) is 27.0. The Kier molecular flexibility index (Phi) is 14.2. The van der Waals surface area contributed by atoms with Crippen molar-refractivity contribution in [2.75, 3.05) is 41.4 Å². The third-order valence-corrected chi connectivity index (χ3v) is 7.65. The Bertz CT molecular complexity index is 1230. The van der Waals surface area contributed by atoms with Crippen LogP contribution in [0.25, 0.3) is 0 Å². The average molecular weight is 617 g/mol. The maximum atomic E-state index is 13.7. The van der Waals surface area contributed by atoms with Gasteiger partial charge in [0.25, 0.3) is 5.91 Å². The lowest BCUT2D eigenvalue weighted by Crippen LogP contribution is -2.38. The topological polar surface area (TPSA) is 170 Å². The van der Waals surface area contributed by atoms with Crippen molar-refractivity contribution in [3.8, 4) is 0 Å². The van der Waals surface area contributed by atoms with Crippen LogP contribution in [0.1, 0.15) is 40.5 Å². The number of rotatable bonds is 7. The van der Waals surface area contributed by atoms with E-state index in [1.54, 1.807) is 32.1 Å². The average Bonchev–Trinajstić information content (AvgIpc) is 2.95. The number of primary amides is 1. The van der Waals surface area contributed by atoms with Crippen LogP contribution in [0.2, 0.25) is 0 Å². The number of methoxy groups -OCH3 is 2. The van der Waals surface area contributed by atoms with Crippen LogP contribution in [0, 0.1) is 11.8 Å². The molecule has 1 aliphatic carbocycles. The number of allylic oxidation sites excluding steroid dienone is 4. The molecule has 1 heterocycles. The molecule has 0 aromatic carbocycles. The van der Waals surface area contributed by atoms with Crippen molar-refractivity contribution < 1.29 is 38.5 Å². The number of likely N-dealkylation sites (N-methyl/N-ethyl adjacent to an activating group) is 1. The molecule has 2 aliphatic rings. The fourth-order valence-corrected chi connectivity index (χ4v) is 5.18. The quantitative estimate of drug-likeness (QED) is 0.245. The summed E-state index contributed by atoms with van der Waals surface area (Å²) in [4.78, 5) is 53.7. The molecule has 1 aliphatic heterocycles. The highest BCUT2D eigenvalue weighted by Crippen LogP contribution is 2.28. The molecule has 0 saturated carbocycles. The molecular formula is C32H48N4O8. The maximum Gasteiger partial charge on any atom is 0.405 e. The molecule has 12 heteroatoms. The van der Waals surface area contributed by atoms with E-state index >= 15 is 0 Å². The summed E-state index contributed by atoms with van der Waals surface area (Å²) >= 11 is 0. The van der Waals surface area contributed by atoms with Crippen LogP contribution in [-0.4, -0.2) is 99.4 Å². The molecule has 0 aromatic rings. The zero-order chi connectivity index (χ0) is 33.1. The van der Waals surface area contributed by atoms with Gasteiger partial charge >= 0.3 is 6.09 Å². The first-order chi connectivity index (χ1) is 20.7. The highest BCUT2D eigenvalue weighted by molar-refractivity contribution is 6.23. The molecule has 2 amide bonds. The summed E-state index contributed by atoms with van der Waals surface area (Å²) in [6.45, 7) is 8.09. The van der Waals surface area contributed by atoms with Crippen LogP contribution in [0.4, 0.5) is 4.79 Å². The molecule has 0 aromatic heterocycles. The largest absolute Gasteiger partial charge is 0.439 e. The van der Waals surface area contributed by atoms with Crippen LogP contribution in [0.5, 0.6) is 0 Å². The lowest BCUT2D eigenvalue weighted by molar-refractivity contribution is -0.120. The van der Waals surface area contributed by atoms with Crippen molar-refractivity contribution in [3.63, 3.8) is 0 Å². The fourth-order valence-electron chi connectivity index (χ4n) is 5.18. The molecule has 2 bridgehead atoms. The minimum Gasteiger partial charge on any atom is -0.439 e. The van der Waals surface area contributed by atoms with E-state index in [0.29, 0.717) is 25.1 Å². The van der Waals surface area contributed by atoms with Crippen LogP contribution in [-0.2, 0) is 28.6 Å². The number of carbonyl (C=O) groups excluding carboxylic acids is 4. The van der Waals surface area contributed by atoms with Gasteiger partial charge in [0, 0.05) is 50.4 Å². The highest BCUT2D eigenvalue weighted by Gasteiger charge is 2.33. The Labute approximate surface area is 260 Å². The van der Waals surface area contributed by atoms with E-state index in [0.717, 1.165) is 6.08 Å². The van der Waals surface area contributed by atoms with Gasteiger partial charge in [0.05, 0.1) is 23.6 Å². The van der Waals surface area contributed by atoms with Crippen LogP contribution < -0.4 is 16.4 Å². The molecule has 0 spiro atoms. The first kappa shape index (κ1) is 36.6. The SMILES string of the molecule is CO[C@H]1/C=C\C=C(/C)C(=O)NC2=CC(=O)C(NCCN(C)C)=C(C[C@@H](C)C[C@H](OC)[C@@H](O)[C@@H](C)/C=C(\C)C1OC(N)=O)C2=O. The predicted octanol–water partition coefficient (Wildman–Crippen LogP) is 1.91. The molecule has 5 N–H and O–H groups in total. The molecule has 0 saturated heterocycles.